The van der Waals surface area contributed by atoms with Gasteiger partial charge < -0.3 is 9.47 Å². The van der Waals surface area contributed by atoms with Gasteiger partial charge in [-0.1, -0.05) is 0 Å². The third-order valence-electron chi connectivity index (χ3n) is 5.15. The highest BCUT2D eigenvalue weighted by Gasteiger charge is 2.72. The predicted molar refractivity (Wildman–Crippen MR) is 91.1 cm³/mol. The Morgan fingerprint density at radius 1 is 1.20 bits per heavy atom. The Kier molecular flexibility index (Phi) is 5.03. The summed E-state index contributed by atoms with van der Waals surface area (Å²) >= 11 is 0. The standard InChI is InChI=1S/C17H14F6N4O3/c1-25-7-5-24-14(25)13(28)10-2-3-11(12(8-10)27(29)30)26-6-4-15(9-26,16(18,19)20)17(21,22)23/h2-3,5,7-8H,4,6,9H2,1H3. The lowest BCUT2D eigenvalue weighted by Gasteiger charge is -2.33. The molecule has 0 amide bonds. The molecule has 2 heterocycles. The Bertz CT molecular complexity index is 984. The number of rotatable bonds is 4. The summed E-state index contributed by atoms with van der Waals surface area (Å²) in [7, 11) is 1.51. The van der Waals surface area contributed by atoms with E-state index in [4.69, 9.17) is 0 Å². The number of aryl methyl sites for hydroxylation is 1. The van der Waals surface area contributed by atoms with Crippen LogP contribution in [0.25, 0.3) is 0 Å². The second-order valence-corrected chi connectivity index (χ2v) is 6.90. The zero-order valence-electron chi connectivity index (χ0n) is 15.3. The summed E-state index contributed by atoms with van der Waals surface area (Å²) in [4.78, 5) is 27.5. The number of carbonyl (C=O) groups excluding carboxylic acids is 1. The summed E-state index contributed by atoms with van der Waals surface area (Å²) in [6.07, 6.45) is -9.65. The number of nitro benzene ring substituents is 1. The number of hydrogen-bond donors (Lipinski definition) is 0. The van der Waals surface area contributed by atoms with E-state index in [-0.39, 0.29) is 11.4 Å². The second-order valence-electron chi connectivity index (χ2n) is 6.90. The predicted octanol–water partition coefficient (Wildman–Crippen LogP) is 3.88. The fourth-order valence-corrected chi connectivity index (χ4v) is 3.43. The van der Waals surface area contributed by atoms with Crippen LogP contribution in [0.2, 0.25) is 0 Å². The topological polar surface area (TPSA) is 81.3 Å². The average Bonchev–Trinajstić information content (AvgIpc) is 3.27. The zero-order chi connectivity index (χ0) is 22.5. The first-order chi connectivity index (χ1) is 13.8. The Morgan fingerprint density at radius 3 is 2.30 bits per heavy atom. The summed E-state index contributed by atoms with van der Waals surface area (Å²) < 4.78 is 81.1. The number of ketones is 1. The van der Waals surface area contributed by atoms with Crippen LogP contribution in [-0.2, 0) is 7.05 Å². The number of benzene rings is 1. The number of alkyl halides is 6. The third-order valence-corrected chi connectivity index (χ3v) is 5.15. The van der Waals surface area contributed by atoms with E-state index in [0.717, 1.165) is 18.2 Å². The summed E-state index contributed by atoms with van der Waals surface area (Å²) in [6.45, 7) is -2.19. The Labute approximate surface area is 165 Å². The SMILES string of the molecule is Cn1ccnc1C(=O)c1ccc(N2CCC(C(F)(F)F)(C(F)(F)F)C2)c([N+](=O)[O-])c1. The lowest BCUT2D eigenvalue weighted by atomic mass is 9.85. The minimum Gasteiger partial charge on any atom is -0.365 e. The summed E-state index contributed by atoms with van der Waals surface area (Å²) in [6, 6.07) is 2.92. The van der Waals surface area contributed by atoms with Gasteiger partial charge in [0.1, 0.15) is 5.69 Å². The molecule has 3 rings (SSSR count). The molecule has 13 heteroatoms. The fourth-order valence-electron chi connectivity index (χ4n) is 3.43. The summed E-state index contributed by atoms with van der Waals surface area (Å²) in [5.41, 5.74) is -5.35. The van der Waals surface area contributed by atoms with Crippen molar-refractivity contribution < 1.29 is 36.1 Å². The lowest BCUT2D eigenvalue weighted by molar-refractivity contribution is -0.384. The van der Waals surface area contributed by atoms with Crippen molar-refractivity contribution in [2.24, 2.45) is 12.5 Å². The van der Waals surface area contributed by atoms with Crippen LogP contribution in [0.15, 0.2) is 30.6 Å². The summed E-state index contributed by atoms with van der Waals surface area (Å²) in [5, 5.41) is 11.5. The van der Waals surface area contributed by atoms with Crippen molar-refractivity contribution in [2.75, 3.05) is 18.0 Å². The van der Waals surface area contributed by atoms with Gasteiger partial charge in [0.2, 0.25) is 5.78 Å². The molecule has 2 aromatic rings. The molecule has 0 saturated carbocycles. The van der Waals surface area contributed by atoms with Gasteiger partial charge >= 0.3 is 12.4 Å². The number of carbonyl (C=O) groups is 1. The first-order valence-corrected chi connectivity index (χ1v) is 8.47. The van der Waals surface area contributed by atoms with E-state index in [1.807, 2.05) is 0 Å². The van der Waals surface area contributed by atoms with Crippen LogP contribution in [0.5, 0.6) is 0 Å². The molecule has 0 N–H and O–H groups in total. The van der Waals surface area contributed by atoms with Crippen molar-refractivity contribution in [1.82, 2.24) is 9.55 Å². The molecule has 162 valence electrons. The number of imidazole rings is 1. The highest BCUT2D eigenvalue weighted by Crippen LogP contribution is 2.56. The van der Waals surface area contributed by atoms with Gasteiger partial charge in [-0.2, -0.15) is 26.3 Å². The second kappa shape index (κ2) is 6.99. The van der Waals surface area contributed by atoms with Gasteiger partial charge in [-0.25, -0.2) is 4.98 Å². The maximum Gasteiger partial charge on any atom is 0.404 e. The number of anilines is 1. The van der Waals surface area contributed by atoms with E-state index in [1.165, 1.54) is 24.0 Å². The number of halogens is 6. The molecule has 0 aliphatic carbocycles. The van der Waals surface area contributed by atoms with Gasteiger partial charge in [0.15, 0.2) is 11.2 Å². The van der Waals surface area contributed by atoms with E-state index in [0.29, 0.717) is 4.90 Å². The van der Waals surface area contributed by atoms with Crippen LogP contribution in [0.4, 0.5) is 37.7 Å². The minimum absolute atomic E-state index is 0.0358. The normalized spacial score (nSPS) is 16.7. The third kappa shape index (κ3) is 3.37. The van der Waals surface area contributed by atoms with E-state index in [2.05, 4.69) is 4.98 Å². The van der Waals surface area contributed by atoms with Crippen LogP contribution in [0, 0.1) is 15.5 Å². The highest BCUT2D eigenvalue weighted by molar-refractivity contribution is 6.07. The molecule has 1 saturated heterocycles. The van der Waals surface area contributed by atoms with Gasteiger partial charge in [0, 0.05) is 44.2 Å². The van der Waals surface area contributed by atoms with Crippen molar-refractivity contribution in [3.8, 4) is 0 Å². The smallest absolute Gasteiger partial charge is 0.365 e. The maximum absolute atomic E-state index is 13.3. The lowest BCUT2D eigenvalue weighted by Crippen LogP contribution is -2.51. The largest absolute Gasteiger partial charge is 0.404 e. The van der Waals surface area contributed by atoms with Gasteiger partial charge in [-0.05, 0) is 18.6 Å². The number of hydrogen-bond acceptors (Lipinski definition) is 5. The van der Waals surface area contributed by atoms with Crippen LogP contribution in [0.3, 0.4) is 0 Å². The van der Waals surface area contributed by atoms with Crippen molar-refractivity contribution in [2.45, 2.75) is 18.8 Å². The molecule has 0 atom stereocenters. The maximum atomic E-state index is 13.3. The highest BCUT2D eigenvalue weighted by atomic mass is 19.4. The van der Waals surface area contributed by atoms with Crippen LogP contribution in [0.1, 0.15) is 22.6 Å². The van der Waals surface area contributed by atoms with E-state index >= 15 is 0 Å². The number of nitrogens with zero attached hydrogens (tertiary/aromatic N) is 4. The molecule has 0 spiro atoms. The molecule has 0 unspecified atom stereocenters. The molecule has 1 aromatic carbocycles. The molecule has 1 aliphatic heterocycles. The number of aromatic nitrogens is 2. The van der Waals surface area contributed by atoms with Crippen LogP contribution in [-0.4, -0.2) is 45.7 Å². The van der Waals surface area contributed by atoms with Gasteiger partial charge in [-0.15, -0.1) is 0 Å². The molecule has 1 fully saturated rings. The zero-order valence-corrected chi connectivity index (χ0v) is 15.3. The Balaban J connectivity index is 2.00. The van der Waals surface area contributed by atoms with E-state index in [1.54, 1.807) is 0 Å². The molecular formula is C17H14F6N4O3. The molecule has 30 heavy (non-hydrogen) atoms. The van der Waals surface area contributed by atoms with E-state index in [9.17, 15) is 41.3 Å². The van der Waals surface area contributed by atoms with E-state index < -0.39 is 59.4 Å². The Morgan fingerprint density at radius 2 is 1.83 bits per heavy atom. The first-order valence-electron chi connectivity index (χ1n) is 8.47. The van der Waals surface area contributed by atoms with Crippen molar-refractivity contribution >= 4 is 17.2 Å². The minimum atomic E-state index is -5.58. The molecule has 1 aliphatic rings. The van der Waals surface area contributed by atoms with Crippen molar-refractivity contribution in [3.63, 3.8) is 0 Å². The monoisotopic (exact) mass is 436 g/mol. The fraction of sp³-hybridized carbons (Fsp3) is 0.412. The molecular weight excluding hydrogens is 422 g/mol. The van der Waals surface area contributed by atoms with Crippen molar-refractivity contribution in [3.05, 3.63) is 52.1 Å². The summed E-state index contributed by atoms with van der Waals surface area (Å²) in [5.74, 6) is -0.718. The first kappa shape index (κ1) is 21.6. The van der Waals surface area contributed by atoms with Crippen LogP contribution < -0.4 is 4.90 Å². The average molecular weight is 436 g/mol. The molecule has 7 nitrogen and oxygen atoms in total. The van der Waals surface area contributed by atoms with Gasteiger partial charge in [-0.3, -0.25) is 14.9 Å². The van der Waals surface area contributed by atoms with Crippen LogP contribution >= 0.6 is 0 Å². The number of nitro groups is 1. The molecule has 0 bridgehead atoms. The quantitative estimate of drug-likeness (QED) is 0.315. The van der Waals surface area contributed by atoms with Gasteiger partial charge in [0.25, 0.3) is 5.69 Å². The molecule has 1 aromatic heterocycles. The van der Waals surface area contributed by atoms with Crippen molar-refractivity contribution in [1.29, 1.82) is 0 Å². The molecule has 0 radical (unpaired) electrons. The van der Waals surface area contributed by atoms with Gasteiger partial charge in [0.05, 0.1) is 4.92 Å². The Hall–Kier alpha value is -3.12.